The zero-order valence-corrected chi connectivity index (χ0v) is 11.1. The van der Waals surface area contributed by atoms with Crippen molar-refractivity contribution in [3.8, 4) is 0 Å². The van der Waals surface area contributed by atoms with Gasteiger partial charge in [0, 0.05) is 0 Å². The maximum atomic E-state index is 2.36. The highest BCUT2D eigenvalue weighted by atomic mass is 32.2. The van der Waals surface area contributed by atoms with Crippen molar-refractivity contribution in [2.75, 3.05) is 0 Å². The SMILES string of the molecule is CC(C)(C)C1=CCC=C(C(C)(C)C)S1. The first-order valence-electron chi connectivity index (χ1n) is 5.30. The molecule has 0 radical (unpaired) electrons. The van der Waals surface area contributed by atoms with Gasteiger partial charge >= 0.3 is 0 Å². The fourth-order valence-electron chi connectivity index (χ4n) is 1.39. The number of thioether (sulfide) groups is 1. The van der Waals surface area contributed by atoms with Crippen LogP contribution in [-0.4, -0.2) is 0 Å². The van der Waals surface area contributed by atoms with E-state index in [0.29, 0.717) is 10.8 Å². The minimum absolute atomic E-state index is 0.301. The highest BCUT2D eigenvalue weighted by Crippen LogP contribution is 2.47. The highest BCUT2D eigenvalue weighted by molar-refractivity contribution is 8.06. The lowest BCUT2D eigenvalue weighted by Crippen LogP contribution is -2.13. The molecule has 0 bridgehead atoms. The van der Waals surface area contributed by atoms with Gasteiger partial charge in [-0.1, -0.05) is 65.5 Å². The van der Waals surface area contributed by atoms with E-state index in [9.17, 15) is 0 Å². The van der Waals surface area contributed by atoms with Gasteiger partial charge < -0.3 is 0 Å². The molecule has 1 heteroatoms. The molecule has 0 fully saturated rings. The van der Waals surface area contributed by atoms with Crippen molar-refractivity contribution in [1.82, 2.24) is 0 Å². The summed E-state index contributed by atoms with van der Waals surface area (Å²) in [6.07, 6.45) is 5.83. The van der Waals surface area contributed by atoms with Crippen LogP contribution < -0.4 is 0 Å². The first-order valence-corrected chi connectivity index (χ1v) is 6.12. The fourth-order valence-corrected chi connectivity index (χ4v) is 2.60. The molecule has 0 aromatic rings. The smallest absolute Gasteiger partial charge is 0.00716 e. The molecule has 0 aliphatic carbocycles. The third-order valence-corrected chi connectivity index (χ3v) is 4.30. The molecule has 0 atom stereocenters. The summed E-state index contributed by atoms with van der Waals surface area (Å²) in [5.41, 5.74) is 0.602. The third kappa shape index (κ3) is 2.91. The molecular weight excluding hydrogens is 188 g/mol. The van der Waals surface area contributed by atoms with Gasteiger partial charge in [0.15, 0.2) is 0 Å². The van der Waals surface area contributed by atoms with Crippen LogP contribution in [-0.2, 0) is 0 Å². The molecule has 80 valence electrons. The maximum Gasteiger partial charge on any atom is -0.00716 e. The molecule has 0 aromatic heterocycles. The van der Waals surface area contributed by atoms with E-state index in [0.717, 1.165) is 6.42 Å². The van der Waals surface area contributed by atoms with E-state index in [1.54, 1.807) is 0 Å². The minimum Gasteiger partial charge on any atom is -0.0985 e. The highest BCUT2D eigenvalue weighted by Gasteiger charge is 2.25. The Balaban J connectivity index is 2.79. The average Bonchev–Trinajstić information content (AvgIpc) is 2.01. The summed E-state index contributed by atoms with van der Waals surface area (Å²) in [5, 5.41) is 0. The molecule has 0 nitrogen and oxygen atoms in total. The van der Waals surface area contributed by atoms with E-state index in [-0.39, 0.29) is 0 Å². The van der Waals surface area contributed by atoms with Crippen molar-refractivity contribution in [3.63, 3.8) is 0 Å². The van der Waals surface area contributed by atoms with E-state index in [4.69, 9.17) is 0 Å². The summed E-state index contributed by atoms with van der Waals surface area (Å²) in [4.78, 5) is 3.04. The molecule has 0 saturated carbocycles. The van der Waals surface area contributed by atoms with Gasteiger partial charge in [0.05, 0.1) is 0 Å². The van der Waals surface area contributed by atoms with Crippen LogP contribution in [0.4, 0.5) is 0 Å². The zero-order chi connectivity index (χ0) is 11.0. The Morgan fingerprint density at radius 1 is 0.857 bits per heavy atom. The van der Waals surface area contributed by atoms with Crippen molar-refractivity contribution in [2.45, 2.75) is 48.0 Å². The molecule has 1 aliphatic rings. The number of hydrogen-bond acceptors (Lipinski definition) is 1. The summed E-state index contributed by atoms with van der Waals surface area (Å²) < 4.78 is 0. The molecule has 1 heterocycles. The van der Waals surface area contributed by atoms with Crippen molar-refractivity contribution >= 4 is 11.8 Å². The van der Waals surface area contributed by atoms with E-state index in [2.05, 4.69) is 53.7 Å². The van der Waals surface area contributed by atoms with Crippen molar-refractivity contribution in [2.24, 2.45) is 10.8 Å². The second kappa shape index (κ2) is 3.77. The monoisotopic (exact) mass is 210 g/mol. The molecule has 0 unspecified atom stereocenters. The van der Waals surface area contributed by atoms with Crippen LogP contribution in [0.15, 0.2) is 22.0 Å². The second-order valence-corrected chi connectivity index (χ2v) is 7.06. The zero-order valence-electron chi connectivity index (χ0n) is 10.3. The Morgan fingerprint density at radius 2 is 1.21 bits per heavy atom. The second-order valence-electron chi connectivity index (χ2n) is 5.97. The van der Waals surface area contributed by atoms with Crippen LogP contribution in [0.2, 0.25) is 0 Å². The Hall–Kier alpha value is -0.170. The average molecular weight is 210 g/mol. The predicted octanol–water partition coefficient (Wildman–Crippen LogP) is 4.98. The van der Waals surface area contributed by atoms with Crippen LogP contribution in [0.3, 0.4) is 0 Å². The number of hydrogen-bond donors (Lipinski definition) is 0. The lowest BCUT2D eigenvalue weighted by Gasteiger charge is -2.31. The van der Waals surface area contributed by atoms with Gasteiger partial charge in [-0.25, -0.2) is 0 Å². The molecule has 0 saturated heterocycles. The largest absolute Gasteiger partial charge is 0.0985 e. The predicted molar refractivity (Wildman–Crippen MR) is 67.3 cm³/mol. The Kier molecular flexibility index (Phi) is 3.20. The summed E-state index contributed by atoms with van der Waals surface area (Å²) in [6.45, 7) is 13.7. The number of allylic oxidation sites excluding steroid dienone is 4. The van der Waals surface area contributed by atoms with Crippen LogP contribution in [0.5, 0.6) is 0 Å². The third-order valence-electron chi connectivity index (χ3n) is 2.30. The summed E-state index contributed by atoms with van der Waals surface area (Å²) in [5.74, 6) is 0. The summed E-state index contributed by atoms with van der Waals surface area (Å²) in [7, 11) is 0. The van der Waals surface area contributed by atoms with Crippen LogP contribution in [0.1, 0.15) is 48.0 Å². The normalized spacial score (nSPS) is 19.0. The lowest BCUT2D eigenvalue weighted by atomic mass is 9.93. The molecular formula is C13H22S. The summed E-state index contributed by atoms with van der Waals surface area (Å²) >= 11 is 1.97. The van der Waals surface area contributed by atoms with Crippen LogP contribution >= 0.6 is 11.8 Å². The van der Waals surface area contributed by atoms with Gasteiger partial charge in [0.25, 0.3) is 0 Å². The van der Waals surface area contributed by atoms with Crippen molar-refractivity contribution < 1.29 is 0 Å². The van der Waals surface area contributed by atoms with Crippen molar-refractivity contribution in [1.29, 1.82) is 0 Å². The molecule has 1 aliphatic heterocycles. The molecule has 0 aromatic carbocycles. The first-order chi connectivity index (χ1) is 6.21. The van der Waals surface area contributed by atoms with Gasteiger partial charge in [-0.05, 0) is 27.1 Å². The van der Waals surface area contributed by atoms with Crippen LogP contribution in [0.25, 0.3) is 0 Å². The maximum absolute atomic E-state index is 2.36. The lowest BCUT2D eigenvalue weighted by molar-refractivity contribution is 0.518. The Morgan fingerprint density at radius 3 is 1.50 bits per heavy atom. The Bertz CT molecular complexity index is 241. The molecule has 0 amide bonds. The van der Waals surface area contributed by atoms with E-state index < -0.39 is 0 Å². The topological polar surface area (TPSA) is 0 Å². The molecule has 1 rings (SSSR count). The quantitative estimate of drug-likeness (QED) is 0.543. The fraction of sp³-hybridized carbons (Fsp3) is 0.692. The molecule has 14 heavy (non-hydrogen) atoms. The summed E-state index contributed by atoms with van der Waals surface area (Å²) in [6, 6.07) is 0. The van der Waals surface area contributed by atoms with Crippen molar-refractivity contribution in [3.05, 3.63) is 22.0 Å². The minimum atomic E-state index is 0.301. The molecule has 0 N–H and O–H groups in total. The van der Waals surface area contributed by atoms with E-state index >= 15 is 0 Å². The Labute approximate surface area is 92.9 Å². The molecule has 0 spiro atoms. The number of rotatable bonds is 0. The van der Waals surface area contributed by atoms with Gasteiger partial charge in [0.2, 0.25) is 0 Å². The van der Waals surface area contributed by atoms with Crippen LogP contribution in [0, 0.1) is 10.8 Å². The first kappa shape index (κ1) is 11.9. The van der Waals surface area contributed by atoms with Gasteiger partial charge in [-0.15, -0.1) is 0 Å². The van der Waals surface area contributed by atoms with Gasteiger partial charge in [-0.2, -0.15) is 0 Å². The van der Waals surface area contributed by atoms with E-state index in [1.807, 2.05) is 11.8 Å². The standard InChI is InChI=1S/C13H22S/c1-12(2,3)10-8-7-9-11(14-10)13(4,5)6/h8-9H,7H2,1-6H3. The van der Waals surface area contributed by atoms with Gasteiger partial charge in [0.1, 0.15) is 0 Å². The van der Waals surface area contributed by atoms with Gasteiger partial charge in [-0.3, -0.25) is 0 Å². The van der Waals surface area contributed by atoms with E-state index in [1.165, 1.54) is 9.81 Å².